The van der Waals surface area contributed by atoms with Crippen molar-refractivity contribution in [1.29, 1.82) is 0 Å². The van der Waals surface area contributed by atoms with Crippen molar-refractivity contribution in [3.05, 3.63) is 57.9 Å². The third-order valence-corrected chi connectivity index (χ3v) is 3.76. The molecule has 1 aliphatic rings. The number of hydrogen-bond acceptors (Lipinski definition) is 4. The van der Waals surface area contributed by atoms with E-state index in [1.807, 2.05) is 0 Å². The molecule has 0 aliphatic carbocycles. The zero-order valence-electron chi connectivity index (χ0n) is 12.3. The average molecular weight is 303 g/mol. The molecule has 116 valence electrons. The van der Waals surface area contributed by atoms with E-state index in [1.165, 1.54) is 0 Å². The number of aliphatic carboxylic acids is 2. The summed E-state index contributed by atoms with van der Waals surface area (Å²) in [6.45, 7) is 2.90. The number of aliphatic hydroxyl groups is 1. The highest BCUT2D eigenvalue weighted by atomic mass is 16.4. The Bertz CT molecular complexity index is 666. The molecule has 6 heteroatoms. The maximum Gasteiger partial charge on any atom is 0.334 e. The van der Waals surface area contributed by atoms with E-state index in [0.29, 0.717) is 22.5 Å². The summed E-state index contributed by atoms with van der Waals surface area (Å²) in [5.74, 6) is -3.30. The minimum Gasteiger partial charge on any atom is -0.478 e. The first-order valence-corrected chi connectivity index (χ1v) is 6.72. The highest BCUT2D eigenvalue weighted by molar-refractivity contribution is 5.98. The highest BCUT2D eigenvalue weighted by Crippen LogP contribution is 2.39. The van der Waals surface area contributed by atoms with Gasteiger partial charge in [0, 0.05) is 11.4 Å². The molecule has 1 heterocycles. The zero-order valence-corrected chi connectivity index (χ0v) is 12.3. The molecule has 0 saturated carbocycles. The van der Waals surface area contributed by atoms with Crippen LogP contribution in [0.1, 0.15) is 30.9 Å². The van der Waals surface area contributed by atoms with Gasteiger partial charge >= 0.3 is 11.9 Å². The van der Waals surface area contributed by atoms with Crippen molar-refractivity contribution in [3.8, 4) is 0 Å². The molecule has 0 amide bonds. The number of hydrogen-bond donors (Lipinski definition) is 4. The monoisotopic (exact) mass is 303 g/mol. The van der Waals surface area contributed by atoms with Crippen LogP contribution in [0.3, 0.4) is 0 Å². The van der Waals surface area contributed by atoms with Gasteiger partial charge in [0.05, 0.1) is 23.7 Å². The molecule has 0 unspecified atom stereocenters. The van der Waals surface area contributed by atoms with Crippen LogP contribution in [0.25, 0.3) is 0 Å². The molecule has 1 aromatic carbocycles. The second-order valence-corrected chi connectivity index (χ2v) is 5.10. The highest BCUT2D eigenvalue weighted by Gasteiger charge is 2.37. The molecule has 6 nitrogen and oxygen atoms in total. The van der Waals surface area contributed by atoms with Crippen LogP contribution in [-0.2, 0) is 16.2 Å². The lowest BCUT2D eigenvalue weighted by Gasteiger charge is -2.29. The van der Waals surface area contributed by atoms with E-state index in [9.17, 15) is 24.9 Å². The Labute approximate surface area is 127 Å². The normalized spacial score (nSPS) is 15.8. The van der Waals surface area contributed by atoms with Gasteiger partial charge in [0.2, 0.25) is 0 Å². The summed E-state index contributed by atoms with van der Waals surface area (Å²) in [6.07, 6.45) is 0. The van der Waals surface area contributed by atoms with Gasteiger partial charge in [0.25, 0.3) is 0 Å². The van der Waals surface area contributed by atoms with Crippen molar-refractivity contribution in [2.75, 3.05) is 0 Å². The van der Waals surface area contributed by atoms with E-state index in [4.69, 9.17) is 0 Å². The van der Waals surface area contributed by atoms with E-state index in [0.717, 1.165) is 0 Å². The number of carbonyl (C=O) groups is 2. The van der Waals surface area contributed by atoms with Gasteiger partial charge in [-0.3, -0.25) is 0 Å². The maximum atomic E-state index is 11.6. The van der Waals surface area contributed by atoms with E-state index >= 15 is 0 Å². The maximum absolute atomic E-state index is 11.6. The van der Waals surface area contributed by atoms with Crippen molar-refractivity contribution in [2.24, 2.45) is 0 Å². The number of dihydropyridines is 1. The number of nitrogens with one attached hydrogen (secondary N) is 1. The molecular weight excluding hydrogens is 286 g/mol. The van der Waals surface area contributed by atoms with Gasteiger partial charge in [-0.2, -0.15) is 0 Å². The molecule has 0 saturated heterocycles. The molecule has 0 radical (unpaired) electrons. The third-order valence-electron chi connectivity index (χ3n) is 3.76. The van der Waals surface area contributed by atoms with Gasteiger partial charge in [-0.05, 0) is 25.0 Å². The third kappa shape index (κ3) is 2.60. The predicted molar refractivity (Wildman–Crippen MR) is 78.9 cm³/mol. The molecule has 0 bridgehead atoms. The summed E-state index contributed by atoms with van der Waals surface area (Å²) in [4.78, 5) is 23.3. The van der Waals surface area contributed by atoms with Crippen molar-refractivity contribution in [1.82, 2.24) is 5.32 Å². The number of aliphatic hydroxyl groups excluding tert-OH is 1. The van der Waals surface area contributed by atoms with E-state index in [1.54, 1.807) is 38.1 Å². The predicted octanol–water partition coefficient (Wildman–Crippen LogP) is 1.58. The molecule has 0 aromatic heterocycles. The molecule has 0 spiro atoms. The van der Waals surface area contributed by atoms with Crippen LogP contribution < -0.4 is 5.32 Å². The molecule has 1 aliphatic heterocycles. The summed E-state index contributed by atoms with van der Waals surface area (Å²) < 4.78 is 0. The second kappa shape index (κ2) is 6.03. The van der Waals surface area contributed by atoms with Crippen LogP contribution in [-0.4, -0.2) is 27.3 Å². The molecular formula is C16H17NO5. The van der Waals surface area contributed by atoms with Crippen LogP contribution in [0.15, 0.2) is 46.8 Å². The number of carboxylic acid groups (broad SMARTS) is 2. The zero-order chi connectivity index (χ0) is 16.4. The first-order chi connectivity index (χ1) is 10.4. The standard InChI is InChI=1S/C16H17NO5/c1-8-12(15(19)20)14(13(16(21)22)9(2)17-8)11-6-4-3-5-10(11)7-18/h3-6,14,17-18H,7H2,1-2H3,(H,19,20)(H,21,22). The average Bonchev–Trinajstić information content (AvgIpc) is 2.45. The van der Waals surface area contributed by atoms with Gasteiger partial charge in [-0.1, -0.05) is 24.3 Å². The largest absolute Gasteiger partial charge is 0.478 e. The summed E-state index contributed by atoms with van der Waals surface area (Å²) in [6, 6.07) is 6.71. The number of benzene rings is 1. The number of carboxylic acids is 2. The molecule has 22 heavy (non-hydrogen) atoms. The van der Waals surface area contributed by atoms with Crippen LogP contribution in [0.4, 0.5) is 0 Å². The van der Waals surface area contributed by atoms with E-state index in [-0.39, 0.29) is 17.8 Å². The summed E-state index contributed by atoms with van der Waals surface area (Å²) in [5.41, 5.74) is 1.74. The Balaban J connectivity index is 2.75. The van der Waals surface area contributed by atoms with E-state index in [2.05, 4.69) is 5.32 Å². The fraction of sp³-hybridized carbons (Fsp3) is 0.250. The quantitative estimate of drug-likeness (QED) is 0.673. The Hall–Kier alpha value is -2.60. The minimum absolute atomic E-state index is 0.0242. The van der Waals surface area contributed by atoms with Gasteiger partial charge in [-0.15, -0.1) is 0 Å². The second-order valence-electron chi connectivity index (χ2n) is 5.10. The lowest BCUT2D eigenvalue weighted by atomic mass is 9.79. The van der Waals surface area contributed by atoms with Gasteiger partial charge < -0.3 is 20.6 Å². The Morgan fingerprint density at radius 1 is 1.05 bits per heavy atom. The van der Waals surface area contributed by atoms with Gasteiger partial charge in [-0.25, -0.2) is 9.59 Å². The lowest BCUT2D eigenvalue weighted by molar-refractivity contribution is -0.133. The smallest absolute Gasteiger partial charge is 0.334 e. The summed E-state index contributed by atoms with van der Waals surface area (Å²) >= 11 is 0. The summed E-state index contributed by atoms with van der Waals surface area (Å²) in [7, 11) is 0. The van der Waals surface area contributed by atoms with Gasteiger partial charge in [0.1, 0.15) is 0 Å². The fourth-order valence-electron chi connectivity index (χ4n) is 2.83. The van der Waals surface area contributed by atoms with Crippen LogP contribution in [0.2, 0.25) is 0 Å². The molecule has 1 aromatic rings. The van der Waals surface area contributed by atoms with Crippen LogP contribution in [0.5, 0.6) is 0 Å². The number of allylic oxidation sites excluding steroid dienone is 2. The van der Waals surface area contributed by atoms with Crippen molar-refractivity contribution >= 4 is 11.9 Å². The van der Waals surface area contributed by atoms with Gasteiger partial charge in [0.15, 0.2) is 0 Å². The SMILES string of the molecule is CC1=C(C(=O)O)C(c2ccccc2CO)C(C(=O)O)=C(C)N1. The van der Waals surface area contributed by atoms with Crippen molar-refractivity contribution in [2.45, 2.75) is 26.4 Å². The first kappa shape index (κ1) is 15.8. The van der Waals surface area contributed by atoms with E-state index < -0.39 is 17.9 Å². The minimum atomic E-state index is -1.19. The fourth-order valence-corrected chi connectivity index (χ4v) is 2.83. The molecule has 2 rings (SSSR count). The topological polar surface area (TPSA) is 107 Å². The Kier molecular flexibility index (Phi) is 4.32. The van der Waals surface area contributed by atoms with Crippen molar-refractivity contribution in [3.63, 3.8) is 0 Å². The number of rotatable bonds is 4. The van der Waals surface area contributed by atoms with Crippen LogP contribution in [0, 0.1) is 0 Å². The van der Waals surface area contributed by atoms with Crippen LogP contribution >= 0.6 is 0 Å². The molecule has 0 atom stereocenters. The summed E-state index contributed by atoms with van der Waals surface area (Å²) in [5, 5.41) is 31.3. The molecule has 4 N–H and O–H groups in total. The lowest BCUT2D eigenvalue weighted by Crippen LogP contribution is -2.31. The van der Waals surface area contributed by atoms with Crippen molar-refractivity contribution < 1.29 is 24.9 Å². The molecule has 0 fully saturated rings. The first-order valence-electron chi connectivity index (χ1n) is 6.72. The Morgan fingerprint density at radius 3 is 2.00 bits per heavy atom. The Morgan fingerprint density at radius 2 is 1.55 bits per heavy atom.